The zero-order chi connectivity index (χ0) is 17.0. The number of rotatable bonds is 4. The van der Waals surface area contributed by atoms with Crippen LogP contribution in [0, 0.1) is 0 Å². The molecule has 1 heterocycles. The van der Waals surface area contributed by atoms with Gasteiger partial charge in [0.05, 0.1) is 17.7 Å². The molecule has 3 rings (SSSR count). The third kappa shape index (κ3) is 4.04. The summed E-state index contributed by atoms with van der Waals surface area (Å²) < 4.78 is 5.67. The minimum absolute atomic E-state index is 0.0263. The third-order valence-corrected chi connectivity index (χ3v) is 5.59. The second kappa shape index (κ2) is 7.75. The fourth-order valence-electron chi connectivity index (χ4n) is 3.96. The lowest BCUT2D eigenvalue weighted by Gasteiger charge is -2.39. The monoisotopic (exact) mass is 350 g/mol. The van der Waals surface area contributed by atoms with E-state index in [-0.39, 0.29) is 23.7 Å². The Morgan fingerprint density at radius 1 is 1.21 bits per heavy atom. The first-order chi connectivity index (χ1) is 11.6. The van der Waals surface area contributed by atoms with Crippen LogP contribution in [0.25, 0.3) is 0 Å². The van der Waals surface area contributed by atoms with E-state index in [0.717, 1.165) is 55.7 Å². The molecule has 1 aromatic carbocycles. The van der Waals surface area contributed by atoms with Gasteiger partial charge in [0.25, 0.3) is 0 Å². The lowest BCUT2D eigenvalue weighted by atomic mass is 9.76. The highest BCUT2D eigenvalue weighted by Gasteiger charge is 2.36. The van der Waals surface area contributed by atoms with Crippen LogP contribution in [0.2, 0.25) is 5.02 Å². The Morgan fingerprint density at radius 3 is 2.54 bits per heavy atom. The molecule has 1 aliphatic heterocycles. The Bertz CT molecular complexity index is 549. The minimum Gasteiger partial charge on any atom is -0.376 e. The van der Waals surface area contributed by atoms with Crippen LogP contribution in [0.5, 0.6) is 0 Å². The van der Waals surface area contributed by atoms with Gasteiger partial charge in [-0.2, -0.15) is 0 Å². The topological polar surface area (TPSA) is 50.4 Å². The minimum atomic E-state index is -0.289. The molecule has 4 nitrogen and oxygen atoms in total. The predicted octanol–water partition coefficient (Wildman–Crippen LogP) is 4.37. The number of carbonyl (C=O) groups excluding carboxylic acids is 1. The lowest BCUT2D eigenvalue weighted by molar-refractivity contribution is 0.0849. The molecule has 132 valence electrons. The summed E-state index contributed by atoms with van der Waals surface area (Å²) in [6, 6.07) is 7.81. The Balaban J connectivity index is 1.69. The maximum atomic E-state index is 12.6. The van der Waals surface area contributed by atoms with E-state index in [1.54, 1.807) is 0 Å². The van der Waals surface area contributed by atoms with Crippen LogP contribution < -0.4 is 10.6 Å². The van der Waals surface area contributed by atoms with Crippen molar-refractivity contribution in [2.75, 3.05) is 6.61 Å². The van der Waals surface area contributed by atoms with Crippen molar-refractivity contribution >= 4 is 17.6 Å². The molecule has 0 radical (unpaired) electrons. The van der Waals surface area contributed by atoms with E-state index in [2.05, 4.69) is 10.6 Å². The summed E-state index contributed by atoms with van der Waals surface area (Å²) >= 11 is 6.03. The normalized spacial score (nSPS) is 24.3. The summed E-state index contributed by atoms with van der Waals surface area (Å²) in [6.45, 7) is 2.82. The Labute approximate surface area is 149 Å². The van der Waals surface area contributed by atoms with Gasteiger partial charge in [0.15, 0.2) is 0 Å². The molecule has 24 heavy (non-hydrogen) atoms. The van der Waals surface area contributed by atoms with Crippen molar-refractivity contribution in [3.8, 4) is 0 Å². The van der Waals surface area contributed by atoms with E-state index >= 15 is 0 Å². The molecule has 1 saturated heterocycles. The van der Waals surface area contributed by atoms with Gasteiger partial charge in [0, 0.05) is 11.6 Å². The van der Waals surface area contributed by atoms with Crippen LogP contribution in [-0.2, 0) is 10.3 Å². The number of hydrogen-bond donors (Lipinski definition) is 2. The van der Waals surface area contributed by atoms with Gasteiger partial charge < -0.3 is 15.4 Å². The molecule has 2 atom stereocenters. The van der Waals surface area contributed by atoms with E-state index in [4.69, 9.17) is 16.3 Å². The number of ether oxygens (including phenoxy) is 1. The summed E-state index contributed by atoms with van der Waals surface area (Å²) in [6.07, 6.45) is 7.65. The Hall–Kier alpha value is -1.26. The number of benzene rings is 1. The number of nitrogens with one attached hydrogen (secondary N) is 2. The number of amides is 2. The molecule has 2 fully saturated rings. The fraction of sp³-hybridized carbons (Fsp3) is 0.632. The second-order valence-electron chi connectivity index (χ2n) is 7.09. The highest BCUT2D eigenvalue weighted by Crippen LogP contribution is 2.37. The van der Waals surface area contributed by atoms with Crippen molar-refractivity contribution in [1.82, 2.24) is 10.6 Å². The molecule has 5 heteroatoms. The molecule has 2 N–H and O–H groups in total. The van der Waals surface area contributed by atoms with E-state index < -0.39 is 0 Å². The van der Waals surface area contributed by atoms with Crippen molar-refractivity contribution in [1.29, 1.82) is 0 Å². The summed E-state index contributed by atoms with van der Waals surface area (Å²) in [5, 5.41) is 7.07. The molecule has 2 aliphatic rings. The van der Waals surface area contributed by atoms with Crippen molar-refractivity contribution in [2.24, 2.45) is 0 Å². The molecule has 0 spiro atoms. The van der Waals surface area contributed by atoms with Crippen LogP contribution in [0.1, 0.15) is 57.4 Å². The average molecular weight is 351 g/mol. The highest BCUT2D eigenvalue weighted by atomic mass is 35.5. The zero-order valence-electron chi connectivity index (χ0n) is 14.3. The van der Waals surface area contributed by atoms with Gasteiger partial charge in [-0.1, -0.05) is 43.0 Å². The van der Waals surface area contributed by atoms with Crippen LogP contribution in [0.4, 0.5) is 4.79 Å². The van der Waals surface area contributed by atoms with Gasteiger partial charge >= 0.3 is 6.03 Å². The van der Waals surface area contributed by atoms with E-state index in [9.17, 15) is 4.79 Å². The summed E-state index contributed by atoms with van der Waals surface area (Å²) in [5.74, 6) is 0. The van der Waals surface area contributed by atoms with Crippen LogP contribution >= 0.6 is 11.6 Å². The molecule has 0 unspecified atom stereocenters. The van der Waals surface area contributed by atoms with E-state index in [0.29, 0.717) is 0 Å². The second-order valence-corrected chi connectivity index (χ2v) is 7.52. The number of halogens is 1. The molecule has 0 bridgehead atoms. The third-order valence-electron chi connectivity index (χ3n) is 5.34. The van der Waals surface area contributed by atoms with E-state index in [1.807, 2.05) is 31.2 Å². The Kier molecular flexibility index (Phi) is 5.67. The first kappa shape index (κ1) is 17.6. The largest absolute Gasteiger partial charge is 0.376 e. The van der Waals surface area contributed by atoms with Gasteiger partial charge in [-0.15, -0.1) is 0 Å². The van der Waals surface area contributed by atoms with Crippen molar-refractivity contribution < 1.29 is 9.53 Å². The molecule has 1 aliphatic carbocycles. The quantitative estimate of drug-likeness (QED) is 0.847. The summed E-state index contributed by atoms with van der Waals surface area (Å²) in [7, 11) is 0. The smallest absolute Gasteiger partial charge is 0.315 e. The number of urea groups is 1. The molecule has 1 aromatic rings. The molecular formula is C19H27ClN2O2. The van der Waals surface area contributed by atoms with Gasteiger partial charge in [-0.05, 0) is 50.3 Å². The molecule has 1 saturated carbocycles. The van der Waals surface area contributed by atoms with Gasteiger partial charge in [-0.3, -0.25) is 0 Å². The van der Waals surface area contributed by atoms with E-state index in [1.165, 1.54) is 6.42 Å². The molecular weight excluding hydrogens is 324 g/mol. The number of hydrogen-bond acceptors (Lipinski definition) is 2. The predicted molar refractivity (Wildman–Crippen MR) is 96.3 cm³/mol. The Morgan fingerprint density at radius 2 is 1.92 bits per heavy atom. The SMILES string of the molecule is C[C@H](NC(=O)NC1(c2ccc(Cl)cc2)CCCCC1)[C@@H]1CCCO1. The summed E-state index contributed by atoms with van der Waals surface area (Å²) in [5.41, 5.74) is 0.856. The maximum Gasteiger partial charge on any atom is 0.315 e. The van der Waals surface area contributed by atoms with Crippen molar-refractivity contribution in [2.45, 2.75) is 69.6 Å². The average Bonchev–Trinajstić information content (AvgIpc) is 3.10. The summed E-state index contributed by atoms with van der Waals surface area (Å²) in [4.78, 5) is 12.6. The lowest BCUT2D eigenvalue weighted by Crippen LogP contribution is -2.54. The fourth-order valence-corrected chi connectivity index (χ4v) is 4.09. The standard InChI is InChI=1S/C19H27ClN2O2/c1-14(17-6-5-13-24-17)21-18(23)22-19(11-3-2-4-12-19)15-7-9-16(20)10-8-15/h7-10,14,17H,2-6,11-13H2,1H3,(H2,21,22,23)/t14-,17-/m0/s1. The van der Waals surface area contributed by atoms with Crippen LogP contribution in [0.15, 0.2) is 24.3 Å². The molecule has 2 amide bonds. The van der Waals surface area contributed by atoms with Gasteiger partial charge in [0.2, 0.25) is 0 Å². The first-order valence-corrected chi connectivity index (χ1v) is 9.43. The van der Waals surface area contributed by atoms with Crippen molar-refractivity contribution in [3.63, 3.8) is 0 Å². The van der Waals surface area contributed by atoms with Crippen LogP contribution in [0.3, 0.4) is 0 Å². The van der Waals surface area contributed by atoms with Gasteiger partial charge in [-0.25, -0.2) is 4.79 Å². The first-order valence-electron chi connectivity index (χ1n) is 9.05. The zero-order valence-corrected chi connectivity index (χ0v) is 15.1. The maximum absolute atomic E-state index is 12.6. The van der Waals surface area contributed by atoms with Gasteiger partial charge in [0.1, 0.15) is 0 Å². The van der Waals surface area contributed by atoms with Crippen molar-refractivity contribution in [3.05, 3.63) is 34.9 Å². The highest BCUT2D eigenvalue weighted by molar-refractivity contribution is 6.30. The number of carbonyl (C=O) groups is 1. The van der Waals surface area contributed by atoms with Crippen LogP contribution in [-0.4, -0.2) is 24.8 Å². The molecule has 0 aromatic heterocycles.